The van der Waals surface area contributed by atoms with Crippen LogP contribution in [-0.4, -0.2) is 20.4 Å². The molecule has 0 atom stereocenters. The molecule has 2 aromatic carbocycles. The van der Waals surface area contributed by atoms with Crippen molar-refractivity contribution in [2.24, 2.45) is 0 Å². The van der Waals surface area contributed by atoms with Gasteiger partial charge >= 0.3 is 0 Å². The van der Waals surface area contributed by atoms with Gasteiger partial charge in [-0.15, -0.1) is 0 Å². The van der Waals surface area contributed by atoms with E-state index in [1.807, 2.05) is 44.2 Å². The van der Waals surface area contributed by atoms with Gasteiger partial charge in [0.25, 0.3) is 5.91 Å². The molecule has 0 spiro atoms. The highest BCUT2D eigenvalue weighted by Crippen LogP contribution is 2.25. The van der Waals surface area contributed by atoms with Crippen molar-refractivity contribution in [2.45, 2.75) is 26.9 Å². The molecule has 1 aliphatic heterocycles. The summed E-state index contributed by atoms with van der Waals surface area (Å²) in [6.07, 6.45) is 5.02. The van der Waals surface area contributed by atoms with Gasteiger partial charge in [-0.1, -0.05) is 38.1 Å². The SMILES string of the molecule is CC.O=C1c2ccccc2CN1Cc1ccc(-n2ccnc2)cc1F. The van der Waals surface area contributed by atoms with Crippen LogP contribution in [0, 0.1) is 5.82 Å². The number of aromatic nitrogens is 2. The predicted molar refractivity (Wildman–Crippen MR) is 94.9 cm³/mol. The zero-order valence-electron chi connectivity index (χ0n) is 14.3. The van der Waals surface area contributed by atoms with Gasteiger partial charge in [0.1, 0.15) is 5.82 Å². The first kappa shape index (κ1) is 16.9. The van der Waals surface area contributed by atoms with E-state index in [0.717, 1.165) is 5.56 Å². The maximum atomic E-state index is 14.4. The molecule has 4 nitrogen and oxygen atoms in total. The van der Waals surface area contributed by atoms with E-state index >= 15 is 0 Å². The van der Waals surface area contributed by atoms with E-state index in [1.54, 1.807) is 34.3 Å². The molecule has 1 aromatic heterocycles. The van der Waals surface area contributed by atoms with E-state index in [4.69, 9.17) is 0 Å². The summed E-state index contributed by atoms with van der Waals surface area (Å²) in [5.74, 6) is -0.362. The Labute approximate surface area is 146 Å². The van der Waals surface area contributed by atoms with Gasteiger partial charge in [-0.25, -0.2) is 9.37 Å². The van der Waals surface area contributed by atoms with Crippen LogP contribution >= 0.6 is 0 Å². The van der Waals surface area contributed by atoms with Crippen LogP contribution in [0.2, 0.25) is 0 Å². The van der Waals surface area contributed by atoms with Crippen LogP contribution in [-0.2, 0) is 13.1 Å². The van der Waals surface area contributed by atoms with Gasteiger partial charge in [0, 0.05) is 42.3 Å². The Morgan fingerprint density at radius 2 is 1.96 bits per heavy atom. The summed E-state index contributed by atoms with van der Waals surface area (Å²) in [5.41, 5.74) is 2.92. The smallest absolute Gasteiger partial charge is 0.254 e. The highest BCUT2D eigenvalue weighted by Gasteiger charge is 2.27. The van der Waals surface area contributed by atoms with Crippen LogP contribution in [0.25, 0.3) is 5.69 Å². The summed E-state index contributed by atoms with van der Waals surface area (Å²) >= 11 is 0. The van der Waals surface area contributed by atoms with Crippen molar-refractivity contribution in [1.82, 2.24) is 14.5 Å². The molecular formula is C20H20FN3O. The quantitative estimate of drug-likeness (QED) is 0.718. The fraction of sp³-hybridized carbons (Fsp3) is 0.200. The number of hydrogen-bond acceptors (Lipinski definition) is 2. The number of carbonyl (C=O) groups excluding carboxylic acids is 1. The highest BCUT2D eigenvalue weighted by atomic mass is 19.1. The second-order valence-electron chi connectivity index (χ2n) is 5.56. The number of rotatable bonds is 3. The number of amides is 1. The molecule has 0 fully saturated rings. The maximum absolute atomic E-state index is 14.4. The molecule has 128 valence electrons. The number of fused-ring (bicyclic) bond motifs is 1. The topological polar surface area (TPSA) is 38.1 Å². The molecule has 0 saturated heterocycles. The number of nitrogens with zero attached hydrogens (tertiary/aromatic N) is 3. The lowest BCUT2D eigenvalue weighted by Crippen LogP contribution is -2.23. The fourth-order valence-electron chi connectivity index (χ4n) is 2.88. The normalized spacial score (nSPS) is 12.6. The molecule has 1 aliphatic rings. The second-order valence-corrected chi connectivity index (χ2v) is 5.56. The van der Waals surface area contributed by atoms with Crippen LogP contribution in [0.1, 0.15) is 35.3 Å². The molecule has 0 saturated carbocycles. The Balaban J connectivity index is 0.000000880. The van der Waals surface area contributed by atoms with E-state index in [1.165, 1.54) is 6.07 Å². The zero-order chi connectivity index (χ0) is 17.8. The minimum Gasteiger partial charge on any atom is -0.330 e. The van der Waals surface area contributed by atoms with E-state index in [0.29, 0.717) is 23.4 Å². The van der Waals surface area contributed by atoms with Gasteiger partial charge in [0.2, 0.25) is 0 Å². The molecule has 5 heteroatoms. The first-order chi connectivity index (χ1) is 12.2. The molecule has 3 aromatic rings. The number of carbonyl (C=O) groups is 1. The molecule has 0 bridgehead atoms. The largest absolute Gasteiger partial charge is 0.330 e. The molecular weight excluding hydrogens is 317 g/mol. The van der Waals surface area contributed by atoms with Crippen molar-refractivity contribution in [3.63, 3.8) is 0 Å². The van der Waals surface area contributed by atoms with Crippen LogP contribution < -0.4 is 0 Å². The standard InChI is InChI=1S/C18H14FN3O.C2H6/c19-17-9-15(21-8-7-20-12-21)6-5-14(17)11-22-10-13-3-1-2-4-16(13)18(22)23;1-2/h1-9,12H,10-11H2;1-2H3. The summed E-state index contributed by atoms with van der Waals surface area (Å²) in [4.78, 5) is 18.0. The van der Waals surface area contributed by atoms with Crippen molar-refractivity contribution in [3.8, 4) is 5.69 Å². The van der Waals surface area contributed by atoms with E-state index < -0.39 is 0 Å². The Morgan fingerprint density at radius 1 is 1.16 bits per heavy atom. The molecule has 25 heavy (non-hydrogen) atoms. The van der Waals surface area contributed by atoms with E-state index in [-0.39, 0.29) is 18.3 Å². The average molecular weight is 337 g/mol. The molecule has 0 radical (unpaired) electrons. The fourth-order valence-corrected chi connectivity index (χ4v) is 2.88. The van der Waals surface area contributed by atoms with Crippen LogP contribution in [0.15, 0.2) is 61.2 Å². The third kappa shape index (κ3) is 3.31. The predicted octanol–water partition coefficient (Wildman–Crippen LogP) is 4.19. The summed E-state index contributed by atoms with van der Waals surface area (Å²) in [7, 11) is 0. The summed E-state index contributed by atoms with van der Waals surface area (Å²) in [5, 5.41) is 0. The van der Waals surface area contributed by atoms with Crippen LogP contribution in [0.4, 0.5) is 4.39 Å². The van der Waals surface area contributed by atoms with E-state index in [9.17, 15) is 9.18 Å². The summed E-state index contributed by atoms with van der Waals surface area (Å²) < 4.78 is 16.1. The monoisotopic (exact) mass is 337 g/mol. The third-order valence-corrected chi connectivity index (χ3v) is 4.10. The van der Waals surface area contributed by atoms with Gasteiger partial charge in [-0.3, -0.25) is 4.79 Å². The molecule has 2 heterocycles. The van der Waals surface area contributed by atoms with Crippen molar-refractivity contribution in [3.05, 3.63) is 83.7 Å². The Morgan fingerprint density at radius 3 is 2.64 bits per heavy atom. The zero-order valence-corrected chi connectivity index (χ0v) is 14.3. The number of halogens is 1. The Bertz CT molecular complexity index is 874. The number of imidazole rings is 1. The Kier molecular flexibility index (Phi) is 4.93. The number of benzene rings is 2. The van der Waals surface area contributed by atoms with Crippen molar-refractivity contribution in [1.29, 1.82) is 0 Å². The van der Waals surface area contributed by atoms with Gasteiger partial charge in [-0.05, 0) is 23.8 Å². The lowest BCUT2D eigenvalue weighted by atomic mass is 10.1. The maximum Gasteiger partial charge on any atom is 0.254 e. The van der Waals surface area contributed by atoms with Crippen molar-refractivity contribution in [2.75, 3.05) is 0 Å². The number of hydrogen-bond donors (Lipinski definition) is 0. The van der Waals surface area contributed by atoms with Gasteiger partial charge in [0.15, 0.2) is 0 Å². The second kappa shape index (κ2) is 7.30. The van der Waals surface area contributed by atoms with Crippen molar-refractivity contribution < 1.29 is 9.18 Å². The third-order valence-electron chi connectivity index (χ3n) is 4.10. The van der Waals surface area contributed by atoms with Gasteiger partial charge in [0.05, 0.1) is 6.33 Å². The summed E-state index contributed by atoms with van der Waals surface area (Å²) in [6.45, 7) is 4.79. The lowest BCUT2D eigenvalue weighted by molar-refractivity contribution is 0.0765. The highest BCUT2D eigenvalue weighted by molar-refractivity contribution is 5.98. The lowest BCUT2D eigenvalue weighted by Gasteiger charge is -2.16. The Hall–Kier alpha value is -2.95. The van der Waals surface area contributed by atoms with Crippen LogP contribution in [0.3, 0.4) is 0 Å². The molecule has 1 amide bonds. The van der Waals surface area contributed by atoms with Gasteiger partial charge < -0.3 is 9.47 Å². The van der Waals surface area contributed by atoms with Crippen molar-refractivity contribution >= 4 is 5.91 Å². The molecule has 0 aliphatic carbocycles. The minimum absolute atomic E-state index is 0.0429. The van der Waals surface area contributed by atoms with Crippen LogP contribution in [0.5, 0.6) is 0 Å². The molecule has 4 rings (SSSR count). The first-order valence-corrected chi connectivity index (χ1v) is 8.36. The van der Waals surface area contributed by atoms with Gasteiger partial charge in [-0.2, -0.15) is 0 Å². The van der Waals surface area contributed by atoms with E-state index in [2.05, 4.69) is 4.98 Å². The average Bonchev–Trinajstić information content (AvgIpc) is 3.28. The minimum atomic E-state index is -0.319. The first-order valence-electron chi connectivity index (χ1n) is 8.36. The summed E-state index contributed by atoms with van der Waals surface area (Å²) in [6, 6.07) is 12.5. The molecule has 0 N–H and O–H groups in total. The molecule has 0 unspecified atom stereocenters.